The second kappa shape index (κ2) is 1.52. The zero-order chi connectivity index (χ0) is 5.40. The minimum atomic E-state index is 1.15. The van der Waals surface area contributed by atoms with Crippen LogP contribution in [0.25, 0.3) is 0 Å². The average Bonchev–Trinajstić information content (AvgIpc) is 1.92. The van der Waals surface area contributed by atoms with Crippen molar-refractivity contribution in [1.29, 1.82) is 0 Å². The lowest BCUT2D eigenvalue weighted by molar-refractivity contribution is 1.26. The molecule has 0 saturated heterocycles. The fourth-order valence-corrected chi connectivity index (χ4v) is 1.65. The summed E-state index contributed by atoms with van der Waals surface area (Å²) in [6.07, 6.45) is 7.77. The van der Waals surface area contributed by atoms with E-state index in [-0.39, 0.29) is 0 Å². The summed E-state index contributed by atoms with van der Waals surface area (Å²) in [6, 6.07) is 0. The van der Waals surface area contributed by atoms with E-state index in [4.69, 9.17) is 0 Å². The van der Waals surface area contributed by atoms with E-state index in [9.17, 15) is 0 Å². The molecule has 2 bridgehead atoms. The molecule has 2 heterocycles. The van der Waals surface area contributed by atoms with E-state index in [1.807, 2.05) is 11.8 Å². The zero-order valence-electron chi connectivity index (χ0n) is 4.42. The number of hydrogen-bond donors (Lipinski definition) is 0. The van der Waals surface area contributed by atoms with Crippen molar-refractivity contribution in [3.8, 4) is 0 Å². The molecular weight excluding hydrogens is 116 g/mol. The molecule has 0 atom stereocenters. The summed E-state index contributed by atoms with van der Waals surface area (Å²) in [4.78, 5) is 1.40. The van der Waals surface area contributed by atoms with Gasteiger partial charge in [0.15, 0.2) is 0 Å². The molecule has 0 fully saturated rings. The Morgan fingerprint density at radius 2 is 2.38 bits per heavy atom. The lowest BCUT2D eigenvalue weighted by Gasteiger charge is -2.12. The highest BCUT2D eigenvalue weighted by molar-refractivity contribution is 8.06. The van der Waals surface area contributed by atoms with Gasteiger partial charge in [0, 0.05) is 4.91 Å². The third kappa shape index (κ3) is 0.548. The van der Waals surface area contributed by atoms with E-state index >= 15 is 0 Å². The van der Waals surface area contributed by atoms with Gasteiger partial charge in [0.2, 0.25) is 0 Å². The van der Waals surface area contributed by atoms with Crippen LogP contribution in [-0.2, 0) is 0 Å². The van der Waals surface area contributed by atoms with Crippen molar-refractivity contribution >= 4 is 11.8 Å². The molecule has 2 aliphatic heterocycles. The highest BCUT2D eigenvalue weighted by Gasteiger charge is 2.05. The molecule has 0 aromatic heterocycles. The lowest BCUT2D eigenvalue weighted by Crippen LogP contribution is -1.88. The predicted molar refractivity (Wildman–Crippen MR) is 37.5 cm³/mol. The molecule has 8 heavy (non-hydrogen) atoms. The molecule has 0 aromatic rings. The molecule has 0 spiro atoms. The zero-order valence-corrected chi connectivity index (χ0v) is 5.24. The normalized spacial score (nSPS) is 23.0. The lowest BCUT2D eigenvalue weighted by atomic mass is 10.1. The van der Waals surface area contributed by atoms with E-state index in [0.717, 1.165) is 6.42 Å². The summed E-state index contributed by atoms with van der Waals surface area (Å²) in [7, 11) is 0. The van der Waals surface area contributed by atoms with Gasteiger partial charge in [-0.05, 0) is 23.5 Å². The molecule has 0 aromatic carbocycles. The van der Waals surface area contributed by atoms with Gasteiger partial charge in [-0.15, -0.1) is 0 Å². The van der Waals surface area contributed by atoms with Crippen molar-refractivity contribution < 1.29 is 0 Å². The smallest absolute Gasteiger partial charge is 0.00794 e. The Balaban J connectivity index is 2.49. The van der Waals surface area contributed by atoms with Crippen molar-refractivity contribution in [2.24, 2.45) is 0 Å². The maximum Gasteiger partial charge on any atom is 0.00794 e. The Morgan fingerprint density at radius 3 is 2.50 bits per heavy atom. The van der Waals surface area contributed by atoms with E-state index in [2.05, 4.69) is 23.6 Å². The first-order valence-corrected chi connectivity index (χ1v) is 3.57. The van der Waals surface area contributed by atoms with Gasteiger partial charge in [-0.25, -0.2) is 0 Å². The molecule has 3 aliphatic rings. The van der Waals surface area contributed by atoms with Crippen LogP contribution in [0.5, 0.6) is 0 Å². The van der Waals surface area contributed by atoms with Gasteiger partial charge >= 0.3 is 0 Å². The Kier molecular flexibility index (Phi) is 0.847. The third-order valence-corrected chi connectivity index (χ3v) is 2.34. The average molecular weight is 122 g/mol. The van der Waals surface area contributed by atoms with Crippen LogP contribution in [0.2, 0.25) is 0 Å². The molecule has 0 saturated carbocycles. The molecule has 0 unspecified atom stereocenters. The van der Waals surface area contributed by atoms with E-state index < -0.39 is 0 Å². The highest BCUT2D eigenvalue weighted by Crippen LogP contribution is 2.33. The van der Waals surface area contributed by atoms with Crippen molar-refractivity contribution in [1.82, 2.24) is 0 Å². The maximum absolute atomic E-state index is 2.26. The second-order valence-corrected chi connectivity index (χ2v) is 2.90. The molecule has 40 valence electrons. The summed E-state index contributed by atoms with van der Waals surface area (Å²) in [5.41, 5.74) is 1.45. The molecule has 3 rings (SSSR count). The van der Waals surface area contributed by atoms with Crippen molar-refractivity contribution in [2.45, 2.75) is 6.42 Å². The van der Waals surface area contributed by atoms with Crippen LogP contribution in [0.1, 0.15) is 6.42 Å². The minimum absolute atomic E-state index is 1.15. The SMILES string of the molecule is C1=CC2=CCC1=CS2. The van der Waals surface area contributed by atoms with Crippen LogP contribution in [0.4, 0.5) is 0 Å². The van der Waals surface area contributed by atoms with Gasteiger partial charge in [-0.2, -0.15) is 0 Å². The minimum Gasteiger partial charge on any atom is -0.0981 e. The van der Waals surface area contributed by atoms with Gasteiger partial charge in [0.25, 0.3) is 0 Å². The van der Waals surface area contributed by atoms with Crippen molar-refractivity contribution in [3.05, 3.63) is 34.1 Å². The van der Waals surface area contributed by atoms with Crippen LogP contribution in [0, 0.1) is 0 Å². The third-order valence-electron chi connectivity index (χ3n) is 1.35. The van der Waals surface area contributed by atoms with E-state index in [1.165, 1.54) is 10.5 Å². The van der Waals surface area contributed by atoms with Crippen LogP contribution in [0.15, 0.2) is 34.1 Å². The molecule has 1 heteroatoms. The molecule has 0 nitrogen and oxygen atoms in total. The first-order chi connectivity index (χ1) is 3.95. The molecule has 0 amide bonds. The van der Waals surface area contributed by atoms with Gasteiger partial charge in [-0.1, -0.05) is 23.9 Å². The first-order valence-electron chi connectivity index (χ1n) is 2.69. The number of fused-ring (bicyclic) bond motifs is 2. The topological polar surface area (TPSA) is 0 Å². The van der Waals surface area contributed by atoms with Crippen molar-refractivity contribution in [2.75, 3.05) is 0 Å². The Labute approximate surface area is 53.0 Å². The standard InChI is InChI=1S/C7H6S/c1-3-7-4-2-6(1)5-8-7/h1,3-5H,2H2. The number of allylic oxidation sites excluding steroid dienone is 4. The number of thioether (sulfide) groups is 1. The predicted octanol–water partition coefficient (Wildman–Crippen LogP) is 2.46. The fourth-order valence-electron chi connectivity index (χ4n) is 0.862. The Bertz CT molecular complexity index is 169. The monoisotopic (exact) mass is 122 g/mol. The summed E-state index contributed by atoms with van der Waals surface area (Å²) < 4.78 is 0. The summed E-state index contributed by atoms with van der Waals surface area (Å²) >= 11 is 1.83. The van der Waals surface area contributed by atoms with Crippen LogP contribution in [-0.4, -0.2) is 0 Å². The van der Waals surface area contributed by atoms with E-state index in [1.54, 1.807) is 0 Å². The Hall–Kier alpha value is -0.430. The first kappa shape index (κ1) is 4.45. The van der Waals surface area contributed by atoms with Crippen LogP contribution < -0.4 is 0 Å². The van der Waals surface area contributed by atoms with E-state index in [0.29, 0.717) is 0 Å². The van der Waals surface area contributed by atoms with Gasteiger partial charge in [0.05, 0.1) is 0 Å². The summed E-state index contributed by atoms with van der Waals surface area (Å²) in [5, 5.41) is 2.22. The van der Waals surface area contributed by atoms with Gasteiger partial charge < -0.3 is 0 Å². The molecule has 1 aliphatic carbocycles. The summed E-state index contributed by atoms with van der Waals surface area (Å²) in [5.74, 6) is 0. The maximum atomic E-state index is 2.26. The highest BCUT2D eigenvalue weighted by atomic mass is 32.2. The number of rotatable bonds is 0. The van der Waals surface area contributed by atoms with Crippen LogP contribution >= 0.6 is 11.8 Å². The van der Waals surface area contributed by atoms with Crippen molar-refractivity contribution in [3.63, 3.8) is 0 Å². The Morgan fingerprint density at radius 1 is 1.38 bits per heavy atom. The fraction of sp³-hybridized carbons (Fsp3) is 0.143. The molecule has 0 radical (unpaired) electrons. The molecular formula is C7H6S. The quantitative estimate of drug-likeness (QED) is 0.475. The van der Waals surface area contributed by atoms with Crippen LogP contribution in [0.3, 0.4) is 0 Å². The largest absolute Gasteiger partial charge is 0.0981 e. The van der Waals surface area contributed by atoms with Gasteiger partial charge in [-0.3, -0.25) is 0 Å². The van der Waals surface area contributed by atoms with Gasteiger partial charge in [0.1, 0.15) is 0 Å². The number of hydrogen-bond acceptors (Lipinski definition) is 1. The molecule has 0 N–H and O–H groups in total. The second-order valence-electron chi connectivity index (χ2n) is 1.95. The summed E-state index contributed by atoms with van der Waals surface area (Å²) in [6.45, 7) is 0.